The maximum atomic E-state index is 10.3. The van der Waals surface area contributed by atoms with Gasteiger partial charge in [0.1, 0.15) is 11.6 Å². The van der Waals surface area contributed by atoms with Crippen LogP contribution in [0, 0.1) is 13.8 Å². The van der Waals surface area contributed by atoms with Crippen LogP contribution < -0.4 is 10.1 Å². The van der Waals surface area contributed by atoms with Crippen molar-refractivity contribution in [2.75, 3.05) is 13.7 Å². The predicted octanol–water partition coefficient (Wildman–Crippen LogP) is 2.36. The second kappa shape index (κ2) is 8.04. The van der Waals surface area contributed by atoms with Crippen LogP contribution in [0.2, 0.25) is 0 Å². The van der Waals surface area contributed by atoms with Gasteiger partial charge in [-0.2, -0.15) is 0 Å². The van der Waals surface area contributed by atoms with Crippen molar-refractivity contribution in [1.29, 1.82) is 0 Å². The number of ether oxygens (including phenoxy) is 1. The van der Waals surface area contributed by atoms with Gasteiger partial charge in [-0.05, 0) is 44.9 Å². The van der Waals surface area contributed by atoms with Crippen LogP contribution in [0.1, 0.15) is 35.7 Å². The second-order valence-electron chi connectivity index (χ2n) is 5.84. The molecule has 0 unspecified atom stereocenters. The average Bonchev–Trinajstić information content (AvgIpc) is 2.53. The number of hydrogen-bond acceptors (Lipinski definition) is 5. The van der Waals surface area contributed by atoms with Gasteiger partial charge in [0.2, 0.25) is 0 Å². The monoisotopic (exact) mass is 315 g/mol. The summed E-state index contributed by atoms with van der Waals surface area (Å²) < 4.78 is 5.16. The van der Waals surface area contributed by atoms with Gasteiger partial charge in [-0.1, -0.05) is 12.1 Å². The molecule has 1 aromatic carbocycles. The Balaban J connectivity index is 1.86. The van der Waals surface area contributed by atoms with Crippen molar-refractivity contribution < 1.29 is 9.84 Å². The van der Waals surface area contributed by atoms with Gasteiger partial charge in [0.05, 0.1) is 13.2 Å². The number of hydrogen-bond donors (Lipinski definition) is 2. The standard InChI is InChI=1S/C18H25N3O2/c1-12(9-15-5-7-16(23-4)8-6-15)19-11-18(22)17-10-20-14(3)21-13(17)2/h5-8,10,12,18-19,22H,9,11H2,1-4H3/t12-,18+/m1/s1. The van der Waals surface area contributed by atoms with Crippen LogP contribution in [-0.2, 0) is 6.42 Å². The molecular formula is C18H25N3O2. The molecule has 0 amide bonds. The first-order chi connectivity index (χ1) is 11.0. The molecular weight excluding hydrogens is 290 g/mol. The Bertz CT molecular complexity index is 629. The summed E-state index contributed by atoms with van der Waals surface area (Å²) in [7, 11) is 1.66. The highest BCUT2D eigenvalue weighted by atomic mass is 16.5. The second-order valence-corrected chi connectivity index (χ2v) is 5.84. The van der Waals surface area contributed by atoms with E-state index < -0.39 is 6.10 Å². The minimum atomic E-state index is -0.603. The van der Waals surface area contributed by atoms with Gasteiger partial charge in [0.25, 0.3) is 0 Å². The van der Waals surface area contributed by atoms with Gasteiger partial charge < -0.3 is 15.2 Å². The van der Waals surface area contributed by atoms with Crippen LogP contribution in [-0.4, -0.2) is 34.8 Å². The first-order valence-corrected chi connectivity index (χ1v) is 7.84. The molecule has 1 aromatic heterocycles. The number of aromatic nitrogens is 2. The summed E-state index contributed by atoms with van der Waals surface area (Å²) >= 11 is 0. The molecule has 23 heavy (non-hydrogen) atoms. The molecule has 0 bridgehead atoms. The molecule has 0 spiro atoms. The van der Waals surface area contributed by atoms with Crippen LogP contribution in [0.15, 0.2) is 30.5 Å². The zero-order valence-corrected chi connectivity index (χ0v) is 14.2. The highest BCUT2D eigenvalue weighted by molar-refractivity contribution is 5.27. The smallest absolute Gasteiger partial charge is 0.125 e. The van der Waals surface area contributed by atoms with Crippen molar-refractivity contribution in [2.45, 2.75) is 39.3 Å². The normalized spacial score (nSPS) is 13.6. The molecule has 2 N–H and O–H groups in total. The number of rotatable bonds is 7. The van der Waals surface area contributed by atoms with E-state index in [9.17, 15) is 5.11 Å². The van der Waals surface area contributed by atoms with E-state index in [4.69, 9.17) is 4.74 Å². The maximum absolute atomic E-state index is 10.3. The molecule has 2 atom stereocenters. The Morgan fingerprint density at radius 2 is 1.91 bits per heavy atom. The van der Waals surface area contributed by atoms with Crippen LogP contribution in [0.4, 0.5) is 0 Å². The molecule has 0 radical (unpaired) electrons. The molecule has 5 nitrogen and oxygen atoms in total. The summed E-state index contributed by atoms with van der Waals surface area (Å²) in [6.07, 6.45) is 1.99. The van der Waals surface area contributed by atoms with Crippen LogP contribution in [0.25, 0.3) is 0 Å². The van der Waals surface area contributed by atoms with Gasteiger partial charge >= 0.3 is 0 Å². The Labute approximate surface area is 137 Å². The van der Waals surface area contributed by atoms with Crippen molar-refractivity contribution in [3.05, 3.63) is 53.1 Å². The molecule has 0 fully saturated rings. The molecule has 0 saturated carbocycles. The summed E-state index contributed by atoms with van der Waals surface area (Å²) in [6.45, 7) is 6.33. The van der Waals surface area contributed by atoms with E-state index in [-0.39, 0.29) is 6.04 Å². The zero-order chi connectivity index (χ0) is 16.8. The number of aryl methyl sites for hydroxylation is 2. The fourth-order valence-corrected chi connectivity index (χ4v) is 2.53. The van der Waals surface area contributed by atoms with Crippen molar-refractivity contribution in [3.63, 3.8) is 0 Å². The highest BCUT2D eigenvalue weighted by Crippen LogP contribution is 2.15. The third-order valence-electron chi connectivity index (χ3n) is 3.86. The minimum absolute atomic E-state index is 0.254. The summed E-state index contributed by atoms with van der Waals surface area (Å²) in [5.74, 6) is 1.58. The van der Waals surface area contributed by atoms with Crippen molar-refractivity contribution >= 4 is 0 Å². The lowest BCUT2D eigenvalue weighted by molar-refractivity contribution is 0.169. The Hall–Kier alpha value is -1.98. The van der Waals surface area contributed by atoms with Gasteiger partial charge in [-0.25, -0.2) is 9.97 Å². The molecule has 0 saturated heterocycles. The summed E-state index contributed by atoms with van der Waals surface area (Å²) in [6, 6.07) is 8.30. The van der Waals surface area contributed by atoms with E-state index in [1.54, 1.807) is 13.3 Å². The summed E-state index contributed by atoms with van der Waals surface area (Å²) in [4.78, 5) is 8.46. The van der Waals surface area contributed by atoms with E-state index in [0.717, 1.165) is 29.3 Å². The quantitative estimate of drug-likeness (QED) is 0.821. The third-order valence-corrected chi connectivity index (χ3v) is 3.86. The van der Waals surface area contributed by atoms with Gasteiger partial charge in [-0.15, -0.1) is 0 Å². The molecule has 0 aliphatic rings. The molecule has 0 aliphatic heterocycles. The lowest BCUT2D eigenvalue weighted by atomic mass is 10.1. The average molecular weight is 315 g/mol. The van der Waals surface area contributed by atoms with Crippen molar-refractivity contribution in [1.82, 2.24) is 15.3 Å². The van der Waals surface area contributed by atoms with Gasteiger partial charge in [0.15, 0.2) is 0 Å². The summed E-state index contributed by atoms with van der Waals surface area (Å²) in [5, 5.41) is 13.7. The zero-order valence-electron chi connectivity index (χ0n) is 14.2. The number of benzene rings is 1. The fourth-order valence-electron chi connectivity index (χ4n) is 2.53. The Kier molecular flexibility index (Phi) is 6.07. The molecule has 124 valence electrons. The number of nitrogens with zero attached hydrogens (tertiary/aromatic N) is 2. The maximum Gasteiger partial charge on any atom is 0.125 e. The van der Waals surface area contributed by atoms with Gasteiger partial charge in [-0.3, -0.25) is 0 Å². The van der Waals surface area contributed by atoms with Crippen LogP contribution >= 0.6 is 0 Å². The Morgan fingerprint density at radius 1 is 1.22 bits per heavy atom. The van der Waals surface area contributed by atoms with Crippen LogP contribution in [0.3, 0.4) is 0 Å². The molecule has 2 rings (SSSR count). The molecule has 1 heterocycles. The number of aliphatic hydroxyl groups is 1. The lowest BCUT2D eigenvalue weighted by Gasteiger charge is -2.18. The predicted molar refractivity (Wildman–Crippen MR) is 90.6 cm³/mol. The van der Waals surface area contributed by atoms with E-state index in [0.29, 0.717) is 6.54 Å². The van der Waals surface area contributed by atoms with Crippen LogP contribution in [0.5, 0.6) is 5.75 Å². The first kappa shape index (κ1) is 17.4. The van der Waals surface area contributed by atoms with E-state index in [2.05, 4.69) is 34.3 Å². The number of methoxy groups -OCH3 is 1. The van der Waals surface area contributed by atoms with Crippen molar-refractivity contribution in [2.24, 2.45) is 0 Å². The molecule has 0 aliphatic carbocycles. The number of nitrogens with one attached hydrogen (secondary N) is 1. The Morgan fingerprint density at radius 3 is 2.52 bits per heavy atom. The van der Waals surface area contributed by atoms with E-state index >= 15 is 0 Å². The molecule has 5 heteroatoms. The highest BCUT2D eigenvalue weighted by Gasteiger charge is 2.13. The SMILES string of the molecule is COc1ccc(C[C@@H](C)NC[C@H](O)c2cnc(C)nc2C)cc1. The van der Waals surface area contributed by atoms with Gasteiger partial charge in [0, 0.05) is 30.0 Å². The largest absolute Gasteiger partial charge is 0.497 e. The lowest BCUT2D eigenvalue weighted by Crippen LogP contribution is -2.32. The van der Waals surface area contributed by atoms with E-state index in [1.165, 1.54) is 5.56 Å². The summed E-state index contributed by atoms with van der Waals surface area (Å²) in [5.41, 5.74) is 2.84. The topological polar surface area (TPSA) is 67.3 Å². The third kappa shape index (κ3) is 5.01. The minimum Gasteiger partial charge on any atom is -0.497 e. The molecule has 2 aromatic rings. The van der Waals surface area contributed by atoms with E-state index in [1.807, 2.05) is 26.0 Å². The first-order valence-electron chi connectivity index (χ1n) is 7.84. The van der Waals surface area contributed by atoms with Crippen molar-refractivity contribution in [3.8, 4) is 5.75 Å². The number of aliphatic hydroxyl groups excluding tert-OH is 1. The fraction of sp³-hybridized carbons (Fsp3) is 0.444.